The van der Waals surface area contributed by atoms with Crippen LogP contribution in [0.5, 0.6) is 5.75 Å². The van der Waals surface area contributed by atoms with Crippen LogP contribution < -0.4 is 4.74 Å². The van der Waals surface area contributed by atoms with Crippen molar-refractivity contribution in [2.75, 3.05) is 13.2 Å². The van der Waals surface area contributed by atoms with Crippen molar-refractivity contribution in [2.45, 2.75) is 33.1 Å². The van der Waals surface area contributed by atoms with E-state index in [2.05, 4.69) is 13.8 Å². The van der Waals surface area contributed by atoms with Crippen molar-refractivity contribution in [1.29, 1.82) is 0 Å². The molecule has 17 heavy (non-hydrogen) atoms. The topological polar surface area (TPSA) is 29.5 Å². The second-order valence-corrected chi connectivity index (χ2v) is 4.38. The highest BCUT2D eigenvalue weighted by molar-refractivity contribution is 5.34. The first-order valence-electron chi connectivity index (χ1n) is 6.19. The monoisotopic (exact) mass is 240 g/mol. The maximum Gasteiger partial charge on any atom is 0.123 e. The van der Waals surface area contributed by atoms with Crippen molar-refractivity contribution in [3.8, 4) is 5.75 Å². The Morgan fingerprint density at radius 1 is 1.41 bits per heavy atom. The smallest absolute Gasteiger partial charge is 0.123 e. The Hall–Kier alpha value is -1.09. The zero-order valence-electron chi connectivity index (χ0n) is 10.6. The maximum atomic E-state index is 13.2. The summed E-state index contributed by atoms with van der Waals surface area (Å²) in [5, 5.41) is 8.73. The number of ether oxygens (including phenoxy) is 1. The van der Waals surface area contributed by atoms with Crippen LogP contribution in [0.25, 0.3) is 0 Å². The number of aliphatic hydroxyl groups is 1. The fraction of sp³-hybridized carbons (Fsp3) is 0.571. The van der Waals surface area contributed by atoms with Gasteiger partial charge in [0.2, 0.25) is 0 Å². The van der Waals surface area contributed by atoms with E-state index in [1.54, 1.807) is 6.07 Å². The molecule has 1 aromatic carbocycles. The van der Waals surface area contributed by atoms with Crippen molar-refractivity contribution in [3.63, 3.8) is 0 Å². The summed E-state index contributed by atoms with van der Waals surface area (Å²) in [5.41, 5.74) is 0.888. The molecule has 0 saturated carbocycles. The first-order chi connectivity index (χ1) is 8.17. The van der Waals surface area contributed by atoms with E-state index >= 15 is 0 Å². The Balaban J connectivity index is 2.69. The molecule has 0 heterocycles. The predicted molar refractivity (Wildman–Crippen MR) is 66.8 cm³/mol. The average Bonchev–Trinajstić information content (AvgIpc) is 2.34. The molecule has 1 N–H and O–H groups in total. The minimum atomic E-state index is -0.236. The third-order valence-electron chi connectivity index (χ3n) is 2.97. The molecule has 96 valence electrons. The van der Waals surface area contributed by atoms with Gasteiger partial charge in [0.05, 0.1) is 6.61 Å². The Morgan fingerprint density at radius 2 is 2.18 bits per heavy atom. The number of halogens is 1. The van der Waals surface area contributed by atoms with Gasteiger partial charge in [-0.3, -0.25) is 0 Å². The fourth-order valence-corrected chi connectivity index (χ4v) is 1.65. The van der Waals surface area contributed by atoms with Crippen molar-refractivity contribution >= 4 is 0 Å². The van der Waals surface area contributed by atoms with Crippen molar-refractivity contribution in [2.24, 2.45) is 5.92 Å². The van der Waals surface area contributed by atoms with Gasteiger partial charge in [-0.2, -0.15) is 0 Å². The van der Waals surface area contributed by atoms with Gasteiger partial charge in [-0.05, 0) is 42.5 Å². The largest absolute Gasteiger partial charge is 0.491 e. The summed E-state index contributed by atoms with van der Waals surface area (Å²) in [4.78, 5) is 0. The lowest BCUT2D eigenvalue weighted by Crippen LogP contribution is -2.05. The van der Waals surface area contributed by atoms with Gasteiger partial charge in [0.25, 0.3) is 0 Å². The van der Waals surface area contributed by atoms with E-state index in [1.807, 2.05) is 0 Å². The molecular formula is C14H21FO2. The molecule has 1 aromatic rings. The van der Waals surface area contributed by atoms with Gasteiger partial charge in [0, 0.05) is 0 Å². The van der Waals surface area contributed by atoms with Crippen molar-refractivity contribution in [1.82, 2.24) is 0 Å². The van der Waals surface area contributed by atoms with Crippen LogP contribution >= 0.6 is 0 Å². The molecular weight excluding hydrogens is 219 g/mol. The fourth-order valence-electron chi connectivity index (χ4n) is 1.65. The molecule has 0 bridgehead atoms. The summed E-state index contributed by atoms with van der Waals surface area (Å²) in [5.74, 6) is 1.08. The molecule has 3 heteroatoms. The lowest BCUT2D eigenvalue weighted by atomic mass is 9.98. The van der Waals surface area contributed by atoms with Gasteiger partial charge in [-0.25, -0.2) is 4.39 Å². The van der Waals surface area contributed by atoms with Gasteiger partial charge in [-0.15, -0.1) is 0 Å². The number of hydrogen-bond donors (Lipinski definition) is 1. The zero-order chi connectivity index (χ0) is 12.7. The third kappa shape index (κ3) is 4.73. The van der Waals surface area contributed by atoms with Gasteiger partial charge >= 0.3 is 0 Å². The molecule has 1 unspecified atom stereocenters. The number of benzene rings is 1. The second-order valence-electron chi connectivity index (χ2n) is 4.38. The van der Waals surface area contributed by atoms with Crippen LogP contribution in [0.4, 0.5) is 4.39 Å². The summed E-state index contributed by atoms with van der Waals surface area (Å²) in [6.45, 7) is 4.57. The third-order valence-corrected chi connectivity index (χ3v) is 2.97. The zero-order valence-corrected chi connectivity index (χ0v) is 10.6. The van der Waals surface area contributed by atoms with E-state index in [4.69, 9.17) is 9.84 Å². The highest BCUT2D eigenvalue weighted by Crippen LogP contribution is 2.23. The van der Waals surface area contributed by atoms with Gasteiger partial charge in [0.1, 0.15) is 18.2 Å². The number of aryl methyl sites for hydroxylation is 1. The van der Waals surface area contributed by atoms with Crippen LogP contribution in [0.2, 0.25) is 0 Å². The molecule has 0 radical (unpaired) electrons. The molecule has 1 rings (SSSR count). The predicted octanol–water partition coefficient (Wildman–Crippen LogP) is 3.18. The minimum absolute atomic E-state index is 0.0256. The van der Waals surface area contributed by atoms with Crippen LogP contribution in [0.3, 0.4) is 0 Å². The Labute approximate surface area is 102 Å². The average molecular weight is 240 g/mol. The van der Waals surface area contributed by atoms with Crippen LogP contribution in [0, 0.1) is 11.7 Å². The Bertz CT molecular complexity index is 339. The normalized spacial score (nSPS) is 12.5. The minimum Gasteiger partial charge on any atom is -0.491 e. The van der Waals surface area contributed by atoms with E-state index in [-0.39, 0.29) is 19.0 Å². The molecule has 0 aliphatic carbocycles. The molecule has 1 atom stereocenters. The lowest BCUT2D eigenvalue weighted by Gasteiger charge is -2.13. The summed E-state index contributed by atoms with van der Waals surface area (Å²) in [6.07, 6.45) is 2.96. The first kappa shape index (κ1) is 14.0. The molecule has 0 saturated heterocycles. The van der Waals surface area contributed by atoms with Crippen LogP contribution in [0.1, 0.15) is 32.3 Å². The van der Waals surface area contributed by atoms with E-state index in [1.165, 1.54) is 12.1 Å². The maximum absolute atomic E-state index is 13.2. The highest BCUT2D eigenvalue weighted by atomic mass is 19.1. The Kier molecular flexibility index (Phi) is 5.98. The molecule has 0 fully saturated rings. The standard InChI is InChI=1S/C14H21FO2/c1-3-11(2)4-5-12-10-13(15)6-7-14(12)17-9-8-16/h6-7,10-11,16H,3-5,8-9H2,1-2H3. The number of rotatable bonds is 7. The van der Waals surface area contributed by atoms with E-state index < -0.39 is 0 Å². The van der Waals surface area contributed by atoms with Crippen LogP contribution in [-0.2, 0) is 6.42 Å². The molecule has 0 aliphatic rings. The van der Waals surface area contributed by atoms with Gasteiger partial charge in [0.15, 0.2) is 0 Å². The van der Waals surface area contributed by atoms with Crippen LogP contribution in [-0.4, -0.2) is 18.3 Å². The molecule has 0 spiro atoms. The van der Waals surface area contributed by atoms with E-state index in [0.29, 0.717) is 11.7 Å². The summed E-state index contributed by atoms with van der Waals surface area (Å²) in [7, 11) is 0. The Morgan fingerprint density at radius 3 is 2.82 bits per heavy atom. The highest BCUT2D eigenvalue weighted by Gasteiger charge is 2.07. The number of hydrogen-bond acceptors (Lipinski definition) is 2. The summed E-state index contributed by atoms with van der Waals surface area (Å²) in [6, 6.07) is 4.55. The molecule has 0 aliphatic heterocycles. The van der Waals surface area contributed by atoms with Gasteiger partial charge in [-0.1, -0.05) is 20.3 Å². The molecule has 0 aromatic heterocycles. The van der Waals surface area contributed by atoms with Gasteiger partial charge < -0.3 is 9.84 Å². The van der Waals surface area contributed by atoms with Crippen molar-refractivity contribution < 1.29 is 14.2 Å². The quantitative estimate of drug-likeness (QED) is 0.793. The molecule has 0 amide bonds. The SMILES string of the molecule is CCC(C)CCc1cc(F)ccc1OCCO. The van der Waals surface area contributed by atoms with Crippen molar-refractivity contribution in [3.05, 3.63) is 29.6 Å². The second kappa shape index (κ2) is 7.28. The summed E-state index contributed by atoms with van der Waals surface area (Å²) >= 11 is 0. The lowest BCUT2D eigenvalue weighted by molar-refractivity contribution is 0.200. The summed E-state index contributed by atoms with van der Waals surface area (Å²) < 4.78 is 18.6. The first-order valence-corrected chi connectivity index (χ1v) is 6.19. The van der Waals surface area contributed by atoms with E-state index in [9.17, 15) is 4.39 Å². The van der Waals surface area contributed by atoms with Crippen LogP contribution in [0.15, 0.2) is 18.2 Å². The molecule has 2 nitrogen and oxygen atoms in total. The van der Waals surface area contributed by atoms with E-state index in [0.717, 1.165) is 24.8 Å². The number of aliphatic hydroxyl groups excluding tert-OH is 1.